The molecule has 1 unspecified atom stereocenters. The number of aromatic nitrogens is 2. The van der Waals surface area contributed by atoms with Crippen molar-refractivity contribution in [1.82, 2.24) is 15.1 Å². The first-order valence-corrected chi connectivity index (χ1v) is 8.65. The molecule has 0 aromatic carbocycles. The van der Waals surface area contributed by atoms with E-state index in [2.05, 4.69) is 34.1 Å². The molecule has 2 N–H and O–H groups in total. The van der Waals surface area contributed by atoms with E-state index in [9.17, 15) is 4.79 Å². The van der Waals surface area contributed by atoms with Crippen LogP contribution in [0.3, 0.4) is 0 Å². The number of anilines is 1. The van der Waals surface area contributed by atoms with Crippen LogP contribution in [0.4, 0.5) is 5.69 Å². The van der Waals surface area contributed by atoms with Crippen LogP contribution in [0, 0.1) is 0 Å². The van der Waals surface area contributed by atoms with Crippen molar-refractivity contribution < 1.29 is 4.79 Å². The zero-order chi connectivity index (χ0) is 14.8. The number of carbonyl (C=O) groups is 1. The summed E-state index contributed by atoms with van der Waals surface area (Å²) in [4.78, 5) is 11.4. The van der Waals surface area contributed by atoms with Gasteiger partial charge in [0.25, 0.3) is 0 Å². The van der Waals surface area contributed by atoms with Gasteiger partial charge in [0.2, 0.25) is 5.91 Å². The summed E-state index contributed by atoms with van der Waals surface area (Å²) in [7, 11) is 1.63. The van der Waals surface area contributed by atoms with Crippen LogP contribution in [-0.2, 0) is 11.3 Å². The van der Waals surface area contributed by atoms with Crippen molar-refractivity contribution in [1.29, 1.82) is 0 Å². The molecule has 5 nitrogen and oxygen atoms in total. The predicted molar refractivity (Wildman–Crippen MR) is 86.9 cm³/mol. The zero-order valence-corrected chi connectivity index (χ0v) is 13.6. The number of hydrogen-bond acceptors (Lipinski definition) is 5. The average molecular weight is 322 g/mol. The molecule has 2 atom stereocenters. The number of amides is 1. The lowest BCUT2D eigenvalue weighted by Gasteiger charge is -2.27. The Morgan fingerprint density at radius 3 is 3.24 bits per heavy atom. The fourth-order valence-electron chi connectivity index (χ4n) is 2.44. The third-order valence-electron chi connectivity index (χ3n) is 3.47. The Kier molecular flexibility index (Phi) is 4.21. The van der Waals surface area contributed by atoms with Gasteiger partial charge in [-0.15, -0.1) is 23.1 Å². The number of nitrogens with zero attached hydrogens (tertiary/aromatic N) is 2. The highest BCUT2D eigenvalue weighted by Gasteiger charge is 2.26. The topological polar surface area (TPSA) is 59.0 Å². The molecular weight excluding hydrogens is 304 g/mol. The maximum atomic E-state index is 11.4. The van der Waals surface area contributed by atoms with Crippen LogP contribution in [0.2, 0.25) is 0 Å². The molecule has 0 radical (unpaired) electrons. The summed E-state index contributed by atoms with van der Waals surface area (Å²) in [6.07, 6.45) is 4.75. The normalized spacial score (nSPS) is 20.9. The fourth-order valence-corrected chi connectivity index (χ4v) is 5.00. The third kappa shape index (κ3) is 3.24. The molecule has 7 heteroatoms. The van der Waals surface area contributed by atoms with Gasteiger partial charge in [-0.25, -0.2) is 0 Å². The quantitative estimate of drug-likeness (QED) is 0.909. The first-order chi connectivity index (χ1) is 10.2. The minimum Gasteiger partial charge on any atom is -0.376 e. The van der Waals surface area contributed by atoms with Gasteiger partial charge in [-0.05, 0) is 23.4 Å². The van der Waals surface area contributed by atoms with Crippen molar-refractivity contribution in [2.24, 2.45) is 0 Å². The highest BCUT2D eigenvalue weighted by atomic mass is 32.2. The van der Waals surface area contributed by atoms with Crippen molar-refractivity contribution in [3.63, 3.8) is 0 Å². The van der Waals surface area contributed by atoms with Crippen molar-refractivity contribution in [3.8, 4) is 0 Å². The van der Waals surface area contributed by atoms with Crippen molar-refractivity contribution >= 4 is 34.7 Å². The number of carbonyl (C=O) groups excluding carboxylic acids is 1. The molecule has 0 bridgehead atoms. The highest BCUT2D eigenvalue weighted by molar-refractivity contribution is 8.01. The van der Waals surface area contributed by atoms with Crippen LogP contribution < -0.4 is 10.6 Å². The highest BCUT2D eigenvalue weighted by Crippen LogP contribution is 2.44. The average Bonchev–Trinajstić information content (AvgIpc) is 3.07. The van der Waals surface area contributed by atoms with E-state index in [-0.39, 0.29) is 12.5 Å². The van der Waals surface area contributed by atoms with Gasteiger partial charge in [0, 0.05) is 18.5 Å². The van der Waals surface area contributed by atoms with E-state index in [1.54, 1.807) is 17.9 Å². The van der Waals surface area contributed by atoms with Gasteiger partial charge >= 0.3 is 0 Å². The van der Waals surface area contributed by atoms with Crippen LogP contribution in [0.5, 0.6) is 0 Å². The Morgan fingerprint density at radius 2 is 2.43 bits per heavy atom. The Hall–Kier alpha value is -1.47. The predicted octanol–water partition coefficient (Wildman–Crippen LogP) is 2.73. The van der Waals surface area contributed by atoms with Crippen LogP contribution >= 0.6 is 23.1 Å². The Labute approximate surface area is 132 Å². The maximum Gasteiger partial charge on any atom is 0.241 e. The second-order valence-electron chi connectivity index (χ2n) is 5.12. The molecule has 0 aliphatic carbocycles. The minimum absolute atomic E-state index is 0.0486. The number of rotatable bonds is 4. The Morgan fingerprint density at radius 1 is 1.57 bits per heavy atom. The standard InChI is InChI=1S/C14H18N4OS2/c1-9-5-12(11-3-4-20-14(11)21-9)17-10-6-16-18(7-10)8-13(19)15-2/h3-4,6-7,9,12,17H,5,8H2,1-2H3,(H,15,19)/t9-,12?/m0/s1. The molecule has 21 heavy (non-hydrogen) atoms. The lowest BCUT2D eigenvalue weighted by molar-refractivity contribution is -0.121. The Balaban J connectivity index is 1.71. The van der Waals surface area contributed by atoms with E-state index >= 15 is 0 Å². The molecular formula is C14H18N4OS2. The van der Waals surface area contributed by atoms with Gasteiger partial charge in [-0.1, -0.05) is 6.92 Å². The van der Waals surface area contributed by atoms with Gasteiger partial charge in [-0.2, -0.15) is 5.10 Å². The molecule has 2 aromatic rings. The van der Waals surface area contributed by atoms with Crippen molar-refractivity contribution in [3.05, 3.63) is 29.4 Å². The molecule has 3 heterocycles. The third-order valence-corrected chi connectivity index (χ3v) is 5.81. The monoisotopic (exact) mass is 322 g/mol. The molecule has 0 spiro atoms. The molecule has 1 aliphatic rings. The summed E-state index contributed by atoms with van der Waals surface area (Å²) < 4.78 is 3.06. The van der Waals surface area contributed by atoms with E-state index in [1.807, 2.05) is 29.3 Å². The molecule has 0 fully saturated rings. The lowest BCUT2D eigenvalue weighted by Crippen LogP contribution is -2.23. The SMILES string of the molecule is CNC(=O)Cn1cc(NC2C[C@H](C)Sc3sccc32)cn1. The van der Waals surface area contributed by atoms with Gasteiger partial charge < -0.3 is 10.6 Å². The van der Waals surface area contributed by atoms with Gasteiger partial charge in [0.05, 0.1) is 22.1 Å². The second-order valence-corrected chi connectivity index (χ2v) is 7.75. The largest absolute Gasteiger partial charge is 0.376 e. The van der Waals surface area contributed by atoms with Gasteiger partial charge in [-0.3, -0.25) is 9.48 Å². The van der Waals surface area contributed by atoms with Crippen molar-refractivity contribution in [2.75, 3.05) is 12.4 Å². The number of hydrogen-bond donors (Lipinski definition) is 2. The molecule has 1 amide bonds. The number of nitrogens with one attached hydrogen (secondary N) is 2. The van der Waals surface area contributed by atoms with Crippen molar-refractivity contribution in [2.45, 2.75) is 35.4 Å². The number of likely N-dealkylation sites (N-methyl/N-ethyl adjacent to an activating group) is 1. The van der Waals surface area contributed by atoms with E-state index in [0.717, 1.165) is 12.1 Å². The van der Waals surface area contributed by atoms with Crippen LogP contribution in [0.1, 0.15) is 24.9 Å². The van der Waals surface area contributed by atoms with E-state index in [1.165, 1.54) is 9.77 Å². The number of fused-ring (bicyclic) bond motifs is 1. The zero-order valence-electron chi connectivity index (χ0n) is 12.0. The van der Waals surface area contributed by atoms with Gasteiger partial charge in [0.15, 0.2) is 0 Å². The molecule has 0 saturated heterocycles. The summed E-state index contributed by atoms with van der Waals surface area (Å²) in [5.74, 6) is -0.0486. The molecule has 2 aromatic heterocycles. The summed E-state index contributed by atoms with van der Waals surface area (Å²) in [6.45, 7) is 2.51. The molecule has 1 aliphatic heterocycles. The second kappa shape index (κ2) is 6.11. The summed E-state index contributed by atoms with van der Waals surface area (Å²) in [5.41, 5.74) is 2.34. The minimum atomic E-state index is -0.0486. The van der Waals surface area contributed by atoms with E-state index in [4.69, 9.17) is 0 Å². The first kappa shape index (κ1) is 14.5. The smallest absolute Gasteiger partial charge is 0.241 e. The molecule has 0 saturated carbocycles. The lowest BCUT2D eigenvalue weighted by atomic mass is 10.0. The number of thiophene rings is 1. The van der Waals surface area contributed by atoms with E-state index < -0.39 is 0 Å². The Bertz CT molecular complexity index is 636. The van der Waals surface area contributed by atoms with Crippen LogP contribution in [0.25, 0.3) is 0 Å². The summed E-state index contributed by atoms with van der Waals surface area (Å²) in [5, 5.41) is 13.1. The molecule has 112 valence electrons. The number of thioether (sulfide) groups is 1. The van der Waals surface area contributed by atoms with Crippen LogP contribution in [-0.4, -0.2) is 28.0 Å². The van der Waals surface area contributed by atoms with E-state index in [0.29, 0.717) is 11.3 Å². The van der Waals surface area contributed by atoms with Gasteiger partial charge in [0.1, 0.15) is 6.54 Å². The maximum absolute atomic E-state index is 11.4. The first-order valence-electron chi connectivity index (χ1n) is 6.89. The fraction of sp³-hybridized carbons (Fsp3) is 0.429. The summed E-state index contributed by atoms with van der Waals surface area (Å²) in [6, 6.07) is 2.52. The molecule has 3 rings (SSSR count). The van der Waals surface area contributed by atoms with Crippen LogP contribution in [0.15, 0.2) is 28.0 Å². The summed E-state index contributed by atoms with van der Waals surface area (Å²) >= 11 is 3.76.